The van der Waals surface area contributed by atoms with Crippen molar-refractivity contribution >= 4 is 37.1 Å². The lowest BCUT2D eigenvalue weighted by atomic mass is 9.98. The van der Waals surface area contributed by atoms with E-state index in [2.05, 4.69) is 9.82 Å². The van der Waals surface area contributed by atoms with Crippen molar-refractivity contribution in [1.82, 2.24) is 4.41 Å². The molecule has 0 fully saturated rings. The third kappa shape index (κ3) is 5.21. The van der Waals surface area contributed by atoms with Gasteiger partial charge in [0.05, 0.1) is 27.3 Å². The van der Waals surface area contributed by atoms with Crippen LogP contribution in [0.2, 0.25) is 0 Å². The van der Waals surface area contributed by atoms with Crippen molar-refractivity contribution in [2.75, 3.05) is 10.5 Å². The zero-order valence-electron chi connectivity index (χ0n) is 18.9. The quantitative estimate of drug-likeness (QED) is 0.343. The van der Waals surface area contributed by atoms with E-state index >= 15 is 0 Å². The van der Waals surface area contributed by atoms with Crippen molar-refractivity contribution in [2.45, 2.75) is 24.3 Å². The lowest BCUT2D eigenvalue weighted by Crippen LogP contribution is -2.27. The Hall–Kier alpha value is -3.84. The van der Waals surface area contributed by atoms with Crippen LogP contribution in [-0.2, 0) is 20.0 Å². The minimum Gasteiger partial charge on any atom is -0.284 e. The molecule has 0 amide bonds. The molecule has 3 aromatic carbocycles. The average molecular weight is 533 g/mol. The van der Waals surface area contributed by atoms with E-state index in [0.717, 1.165) is 28.7 Å². The largest absolute Gasteiger partial charge is 0.284 e. The summed E-state index contributed by atoms with van der Waals surface area (Å²) in [4.78, 5) is 10.5. The smallest absolute Gasteiger partial charge is 0.279 e. The van der Waals surface area contributed by atoms with Crippen LogP contribution in [0.1, 0.15) is 30.5 Å². The van der Waals surface area contributed by atoms with Gasteiger partial charge in [0, 0.05) is 24.2 Å². The highest BCUT2D eigenvalue weighted by Crippen LogP contribution is 2.38. The lowest BCUT2D eigenvalue weighted by molar-refractivity contribution is -0.384. The van der Waals surface area contributed by atoms with Gasteiger partial charge in [-0.2, -0.15) is 17.9 Å². The third-order valence-corrected chi connectivity index (χ3v) is 8.55. The van der Waals surface area contributed by atoms with Crippen LogP contribution in [0.4, 0.5) is 15.8 Å². The van der Waals surface area contributed by atoms with E-state index in [1.165, 1.54) is 31.2 Å². The zero-order valence-corrected chi connectivity index (χ0v) is 20.5. The van der Waals surface area contributed by atoms with Gasteiger partial charge in [-0.15, -0.1) is 0 Å². The van der Waals surface area contributed by atoms with Crippen LogP contribution in [-0.4, -0.2) is 37.6 Å². The molecule has 188 valence electrons. The number of sulfonamides is 2. The topological polar surface area (TPSA) is 139 Å². The number of non-ortho nitro benzene ring substituents is 1. The second-order valence-corrected chi connectivity index (χ2v) is 11.7. The van der Waals surface area contributed by atoms with E-state index in [4.69, 9.17) is 0 Å². The molecule has 0 bridgehead atoms. The van der Waals surface area contributed by atoms with Crippen LogP contribution in [0.5, 0.6) is 0 Å². The fourth-order valence-corrected chi connectivity index (χ4v) is 5.77. The van der Waals surface area contributed by atoms with E-state index in [9.17, 15) is 31.3 Å². The molecule has 0 radical (unpaired) electrons. The summed E-state index contributed by atoms with van der Waals surface area (Å²) in [6, 6.07) is 15.3. The van der Waals surface area contributed by atoms with Gasteiger partial charge in [-0.1, -0.05) is 24.3 Å². The van der Waals surface area contributed by atoms with Crippen molar-refractivity contribution in [3.8, 4) is 0 Å². The van der Waals surface area contributed by atoms with Crippen LogP contribution in [0, 0.1) is 15.9 Å². The molecule has 1 heterocycles. The highest BCUT2D eigenvalue weighted by molar-refractivity contribution is 7.92. The summed E-state index contributed by atoms with van der Waals surface area (Å²) >= 11 is 0. The van der Waals surface area contributed by atoms with E-state index in [1.54, 1.807) is 24.3 Å². The molecule has 0 aliphatic carbocycles. The van der Waals surface area contributed by atoms with Crippen LogP contribution in [0.3, 0.4) is 0 Å². The Balaban J connectivity index is 1.79. The highest BCUT2D eigenvalue weighted by Gasteiger charge is 2.38. The number of rotatable bonds is 8. The molecule has 0 saturated carbocycles. The van der Waals surface area contributed by atoms with E-state index in [0.29, 0.717) is 16.8 Å². The molecule has 1 atom stereocenters. The van der Waals surface area contributed by atoms with Gasteiger partial charge in [0.25, 0.3) is 15.7 Å². The number of anilines is 1. The van der Waals surface area contributed by atoms with Gasteiger partial charge in [-0.25, -0.2) is 12.8 Å². The summed E-state index contributed by atoms with van der Waals surface area (Å²) < 4.78 is 67.7. The predicted molar refractivity (Wildman–Crippen MR) is 132 cm³/mol. The number of hydrogen-bond acceptors (Lipinski definition) is 7. The molecule has 3 aromatic rings. The first kappa shape index (κ1) is 25.3. The fraction of sp³-hybridized carbons (Fsp3) is 0.174. The number of nitrogens with one attached hydrogen (secondary N) is 1. The molecule has 0 aromatic heterocycles. The molecule has 1 N–H and O–H groups in total. The first-order valence-corrected chi connectivity index (χ1v) is 13.8. The van der Waals surface area contributed by atoms with Gasteiger partial charge < -0.3 is 0 Å². The third-order valence-electron chi connectivity index (χ3n) is 5.55. The van der Waals surface area contributed by atoms with Crippen molar-refractivity contribution in [3.05, 3.63) is 99.9 Å². The maximum absolute atomic E-state index is 13.5. The van der Waals surface area contributed by atoms with Gasteiger partial charge in [0.15, 0.2) is 0 Å². The first-order chi connectivity index (χ1) is 17.0. The first-order valence-electron chi connectivity index (χ1n) is 10.7. The number of nitrogens with zero attached hydrogens (tertiary/aromatic N) is 3. The summed E-state index contributed by atoms with van der Waals surface area (Å²) in [5.74, 6) is -0.738. The summed E-state index contributed by atoms with van der Waals surface area (Å²) in [5, 5.41) is 15.7. The van der Waals surface area contributed by atoms with Crippen LogP contribution in [0.25, 0.3) is 0 Å². The average Bonchev–Trinajstić information content (AvgIpc) is 3.31. The van der Waals surface area contributed by atoms with Crippen molar-refractivity contribution in [3.63, 3.8) is 0 Å². The maximum Gasteiger partial charge on any atom is 0.279 e. The summed E-state index contributed by atoms with van der Waals surface area (Å²) in [5.41, 5.74) is 1.21. The van der Waals surface area contributed by atoms with Gasteiger partial charge in [0.1, 0.15) is 5.82 Å². The van der Waals surface area contributed by atoms with Crippen molar-refractivity contribution in [2.24, 2.45) is 5.10 Å². The monoisotopic (exact) mass is 532 g/mol. The van der Waals surface area contributed by atoms with Crippen molar-refractivity contribution < 1.29 is 26.1 Å². The summed E-state index contributed by atoms with van der Waals surface area (Å²) in [6.07, 6.45) is 0.0611. The Morgan fingerprint density at radius 1 is 1.06 bits per heavy atom. The van der Waals surface area contributed by atoms with Gasteiger partial charge in [-0.05, 0) is 54.4 Å². The summed E-state index contributed by atoms with van der Waals surface area (Å²) in [7, 11) is -7.82. The van der Waals surface area contributed by atoms with Crippen LogP contribution >= 0.6 is 0 Å². The Morgan fingerprint density at radius 3 is 2.42 bits per heavy atom. The molecule has 10 nitrogen and oxygen atoms in total. The second-order valence-electron chi connectivity index (χ2n) is 7.94. The van der Waals surface area contributed by atoms with E-state index in [1.807, 2.05) is 0 Å². The second kappa shape index (κ2) is 9.66. The predicted octanol–water partition coefficient (Wildman–Crippen LogP) is 4.04. The van der Waals surface area contributed by atoms with Gasteiger partial charge >= 0.3 is 0 Å². The normalized spacial score (nSPS) is 16.0. The molecule has 0 saturated heterocycles. The Kier molecular flexibility index (Phi) is 6.78. The highest BCUT2D eigenvalue weighted by atomic mass is 32.2. The molecule has 4 rings (SSSR count). The minimum atomic E-state index is -4.27. The molecular formula is C23H21FN4O6S2. The summed E-state index contributed by atoms with van der Waals surface area (Å²) in [6.45, 7) is 1.50. The molecule has 36 heavy (non-hydrogen) atoms. The number of nitro benzene ring substituents is 1. The Bertz CT molecular complexity index is 1560. The fourth-order valence-electron chi connectivity index (χ4n) is 3.71. The van der Waals surface area contributed by atoms with E-state index < -0.39 is 36.8 Å². The number of hydrogen-bond donors (Lipinski definition) is 1. The van der Waals surface area contributed by atoms with Gasteiger partial charge in [-0.3, -0.25) is 14.8 Å². The Morgan fingerprint density at radius 2 is 1.75 bits per heavy atom. The lowest BCUT2D eigenvalue weighted by Gasteiger charge is -2.23. The molecule has 0 spiro atoms. The maximum atomic E-state index is 13.5. The molecular weight excluding hydrogens is 511 g/mol. The minimum absolute atomic E-state index is 0.0611. The molecule has 13 heteroatoms. The molecule has 1 aliphatic rings. The Labute approximate surface area is 207 Å². The van der Waals surface area contributed by atoms with Crippen LogP contribution < -0.4 is 4.72 Å². The van der Waals surface area contributed by atoms with Gasteiger partial charge in [0.2, 0.25) is 10.0 Å². The standard InChI is InChI=1S/C23H21FN4O6S2/c1-2-35(31,32)26-19-7-3-5-16(13-19)22-15-23(17-6-4-8-20(14-17)28(29)30)27(25-22)36(33,34)21-11-9-18(24)10-12-21/h3-14,23,26H,2,15H2,1H3/t23-/m0/s1. The van der Waals surface area contributed by atoms with Crippen molar-refractivity contribution in [1.29, 1.82) is 0 Å². The van der Waals surface area contributed by atoms with E-state index in [-0.39, 0.29) is 28.4 Å². The van der Waals surface area contributed by atoms with Crippen LogP contribution in [0.15, 0.2) is 82.8 Å². The molecule has 1 aliphatic heterocycles. The number of halogens is 1. The SMILES string of the molecule is CCS(=O)(=O)Nc1cccc(C2=NN(S(=O)(=O)c3ccc(F)cc3)[C@H](c3cccc([N+](=O)[O-])c3)C2)c1. The number of benzene rings is 3. The number of hydrazone groups is 1. The number of nitro groups is 1. The zero-order chi connectivity index (χ0) is 26.1. The molecule has 0 unspecified atom stereocenters.